The van der Waals surface area contributed by atoms with Crippen LogP contribution in [0.3, 0.4) is 0 Å². The second kappa shape index (κ2) is 3.76. The number of carbonyl (C=O) groups excluding carboxylic acids is 1. The number of hydrogen-bond donors (Lipinski definition) is 0. The summed E-state index contributed by atoms with van der Waals surface area (Å²) in [6.45, 7) is -0.855. The molecule has 1 fully saturated rings. The molecule has 7 heteroatoms. The van der Waals surface area contributed by atoms with Gasteiger partial charge >= 0.3 is 0 Å². The molecule has 0 saturated carbocycles. The van der Waals surface area contributed by atoms with E-state index in [-0.39, 0.29) is 11.3 Å². The van der Waals surface area contributed by atoms with Crippen molar-refractivity contribution in [3.8, 4) is 0 Å². The minimum Gasteiger partial charge on any atom is -0.359 e. The molecule has 0 aromatic heterocycles. The van der Waals surface area contributed by atoms with Gasteiger partial charge in [0, 0.05) is 11.8 Å². The molecule has 2 rings (SSSR count). The summed E-state index contributed by atoms with van der Waals surface area (Å²) in [7, 11) is 0. The van der Waals surface area contributed by atoms with E-state index in [2.05, 4.69) is 0 Å². The van der Waals surface area contributed by atoms with E-state index < -0.39 is 23.9 Å². The normalized spacial score (nSPS) is 17.4. The molecule has 1 aliphatic rings. The van der Waals surface area contributed by atoms with E-state index in [0.717, 1.165) is 6.07 Å². The van der Waals surface area contributed by atoms with E-state index in [0.29, 0.717) is 12.0 Å². The van der Waals surface area contributed by atoms with Gasteiger partial charge in [0.15, 0.2) is 6.29 Å². The first-order valence-electron chi connectivity index (χ1n) is 4.79. The number of carbonyl (C=O) groups is 1. The summed E-state index contributed by atoms with van der Waals surface area (Å²) in [6.07, 6.45) is 0.347. The third-order valence-electron chi connectivity index (χ3n) is 2.54. The third kappa shape index (κ3) is 2.08. The number of nitro benzene ring substituents is 1. The lowest BCUT2D eigenvalue weighted by Crippen LogP contribution is -2.56. The standard InChI is InChI=1S/C10H8F2N2O3/c11-10(12)5-13(6-10)8-1-2-9(14(16)17)7(3-8)4-15/h1-4H,5-6H2. The molecular weight excluding hydrogens is 234 g/mol. The monoisotopic (exact) mass is 242 g/mol. The number of nitrogens with zero attached hydrogens (tertiary/aromatic N) is 2. The second-order valence-electron chi connectivity index (χ2n) is 3.83. The van der Waals surface area contributed by atoms with Gasteiger partial charge in [-0.15, -0.1) is 0 Å². The molecule has 0 radical (unpaired) electrons. The van der Waals surface area contributed by atoms with Gasteiger partial charge in [-0.2, -0.15) is 0 Å². The third-order valence-corrected chi connectivity index (χ3v) is 2.54. The molecular formula is C10H8F2N2O3. The second-order valence-corrected chi connectivity index (χ2v) is 3.83. The maximum absolute atomic E-state index is 12.6. The number of alkyl halides is 2. The van der Waals surface area contributed by atoms with E-state index >= 15 is 0 Å². The van der Waals surface area contributed by atoms with E-state index in [1.54, 1.807) is 0 Å². The zero-order valence-electron chi connectivity index (χ0n) is 8.60. The molecule has 0 amide bonds. The van der Waals surface area contributed by atoms with Gasteiger partial charge in [0.25, 0.3) is 11.6 Å². The van der Waals surface area contributed by atoms with E-state index in [1.165, 1.54) is 17.0 Å². The fraction of sp³-hybridized carbons (Fsp3) is 0.300. The maximum atomic E-state index is 12.6. The van der Waals surface area contributed by atoms with Crippen LogP contribution in [0, 0.1) is 10.1 Å². The van der Waals surface area contributed by atoms with Crippen molar-refractivity contribution in [3.63, 3.8) is 0 Å². The highest BCUT2D eigenvalue weighted by Gasteiger charge is 2.44. The summed E-state index contributed by atoms with van der Waals surface area (Å²) >= 11 is 0. The first kappa shape index (κ1) is 11.4. The molecule has 1 saturated heterocycles. The van der Waals surface area contributed by atoms with Crippen molar-refractivity contribution in [2.45, 2.75) is 5.92 Å². The molecule has 1 aromatic carbocycles. The first-order valence-corrected chi connectivity index (χ1v) is 4.79. The van der Waals surface area contributed by atoms with Crippen LogP contribution in [0.5, 0.6) is 0 Å². The van der Waals surface area contributed by atoms with Gasteiger partial charge < -0.3 is 4.90 Å². The van der Waals surface area contributed by atoms with Crippen LogP contribution < -0.4 is 4.90 Å². The van der Waals surface area contributed by atoms with Gasteiger partial charge in [0.1, 0.15) is 0 Å². The number of halogens is 2. The lowest BCUT2D eigenvalue weighted by molar-refractivity contribution is -0.385. The Morgan fingerprint density at radius 3 is 2.53 bits per heavy atom. The van der Waals surface area contributed by atoms with Crippen molar-refractivity contribution in [2.75, 3.05) is 18.0 Å². The Bertz CT molecular complexity index is 482. The van der Waals surface area contributed by atoms with Gasteiger partial charge in [-0.25, -0.2) is 8.78 Å². The Morgan fingerprint density at radius 1 is 1.41 bits per heavy atom. The molecule has 0 N–H and O–H groups in total. The van der Waals surface area contributed by atoms with Crippen LogP contribution in [0.15, 0.2) is 18.2 Å². The summed E-state index contributed by atoms with van der Waals surface area (Å²) in [6, 6.07) is 3.76. The SMILES string of the molecule is O=Cc1cc(N2CC(F)(F)C2)ccc1[N+](=O)[O-]. The van der Waals surface area contributed by atoms with Crippen molar-refractivity contribution in [1.29, 1.82) is 0 Å². The van der Waals surface area contributed by atoms with E-state index in [1.807, 2.05) is 0 Å². The number of anilines is 1. The quantitative estimate of drug-likeness (QED) is 0.461. The van der Waals surface area contributed by atoms with Crippen LogP contribution in [0.25, 0.3) is 0 Å². The lowest BCUT2D eigenvalue weighted by Gasteiger charge is -2.40. The average molecular weight is 242 g/mol. The van der Waals surface area contributed by atoms with Gasteiger partial charge in [-0.3, -0.25) is 14.9 Å². The Hall–Kier alpha value is -2.05. The fourth-order valence-electron chi connectivity index (χ4n) is 1.69. The molecule has 5 nitrogen and oxygen atoms in total. The Kier molecular flexibility index (Phi) is 2.53. The van der Waals surface area contributed by atoms with E-state index in [9.17, 15) is 23.7 Å². The first-order chi connectivity index (χ1) is 7.93. The highest BCUT2D eigenvalue weighted by atomic mass is 19.3. The average Bonchev–Trinajstić information content (AvgIpc) is 2.24. The minimum absolute atomic E-state index is 0.109. The lowest BCUT2D eigenvalue weighted by atomic mass is 10.1. The zero-order valence-corrected chi connectivity index (χ0v) is 8.60. The number of hydrogen-bond acceptors (Lipinski definition) is 4. The summed E-state index contributed by atoms with van der Waals surface area (Å²) in [4.78, 5) is 21.9. The zero-order chi connectivity index (χ0) is 12.6. The van der Waals surface area contributed by atoms with Crippen LogP contribution in [0.1, 0.15) is 10.4 Å². The van der Waals surface area contributed by atoms with Gasteiger partial charge in [0.05, 0.1) is 23.6 Å². The van der Waals surface area contributed by atoms with Crippen LogP contribution in [-0.2, 0) is 0 Å². The van der Waals surface area contributed by atoms with Crippen LogP contribution in [-0.4, -0.2) is 30.2 Å². The molecule has 1 aliphatic heterocycles. The van der Waals surface area contributed by atoms with Gasteiger partial charge in [0.2, 0.25) is 0 Å². The van der Waals surface area contributed by atoms with Crippen LogP contribution in [0.2, 0.25) is 0 Å². The summed E-state index contributed by atoms with van der Waals surface area (Å²) in [5.41, 5.74) is -0.0395. The van der Waals surface area contributed by atoms with Gasteiger partial charge in [-0.1, -0.05) is 0 Å². The summed E-state index contributed by atoms with van der Waals surface area (Å²) in [5, 5.41) is 10.6. The number of nitro groups is 1. The maximum Gasteiger partial charge on any atom is 0.282 e. The molecule has 1 heterocycles. The Morgan fingerprint density at radius 2 is 2.06 bits per heavy atom. The highest BCUT2D eigenvalue weighted by molar-refractivity contribution is 5.83. The predicted octanol–water partition coefficient (Wildman–Crippen LogP) is 1.86. The largest absolute Gasteiger partial charge is 0.359 e. The summed E-state index contributed by atoms with van der Waals surface area (Å²) in [5.74, 6) is -2.72. The number of benzene rings is 1. The molecule has 0 aliphatic carbocycles. The number of aldehydes is 1. The molecule has 0 unspecified atom stereocenters. The minimum atomic E-state index is -2.72. The van der Waals surface area contributed by atoms with Gasteiger partial charge in [-0.05, 0) is 12.1 Å². The van der Waals surface area contributed by atoms with Crippen molar-refractivity contribution >= 4 is 17.7 Å². The van der Waals surface area contributed by atoms with Crippen molar-refractivity contribution in [2.24, 2.45) is 0 Å². The van der Waals surface area contributed by atoms with Crippen molar-refractivity contribution < 1.29 is 18.5 Å². The molecule has 0 bridgehead atoms. The fourth-order valence-corrected chi connectivity index (χ4v) is 1.69. The summed E-state index contributed by atoms with van der Waals surface area (Å²) < 4.78 is 25.3. The topological polar surface area (TPSA) is 63.5 Å². The smallest absolute Gasteiger partial charge is 0.282 e. The van der Waals surface area contributed by atoms with Crippen molar-refractivity contribution in [3.05, 3.63) is 33.9 Å². The Labute approximate surface area is 94.8 Å². The van der Waals surface area contributed by atoms with Crippen LogP contribution in [0.4, 0.5) is 20.2 Å². The highest BCUT2D eigenvalue weighted by Crippen LogP contribution is 2.33. The molecule has 0 atom stereocenters. The molecule has 0 spiro atoms. The Balaban J connectivity index is 2.27. The molecule has 1 aromatic rings. The van der Waals surface area contributed by atoms with Crippen molar-refractivity contribution in [1.82, 2.24) is 0 Å². The van der Waals surface area contributed by atoms with E-state index in [4.69, 9.17) is 0 Å². The molecule has 17 heavy (non-hydrogen) atoms. The molecule has 90 valence electrons. The predicted molar refractivity (Wildman–Crippen MR) is 55.6 cm³/mol. The number of rotatable bonds is 3. The van der Waals surface area contributed by atoms with Crippen LogP contribution >= 0.6 is 0 Å².